The maximum absolute atomic E-state index is 11.1. The van der Waals surface area contributed by atoms with Crippen molar-refractivity contribution in [2.75, 3.05) is 44.8 Å². The van der Waals surface area contributed by atoms with Crippen molar-refractivity contribution in [1.82, 2.24) is 15.4 Å². The van der Waals surface area contributed by atoms with Gasteiger partial charge in [-0.05, 0) is 17.7 Å². The highest BCUT2D eigenvalue weighted by Crippen LogP contribution is 2.24. The number of amides is 1. The molecular formula is C21H28N4O4. The van der Waals surface area contributed by atoms with E-state index in [1.807, 2.05) is 24.3 Å². The second-order valence-electron chi connectivity index (χ2n) is 7.85. The molecule has 4 rings (SSSR count). The van der Waals surface area contributed by atoms with Crippen LogP contribution in [0.25, 0.3) is 0 Å². The fraction of sp³-hybridized carbons (Fsp3) is 0.524. The number of anilines is 1. The summed E-state index contributed by atoms with van der Waals surface area (Å²) >= 11 is 0. The minimum Gasteiger partial charge on any atom is -0.379 e. The van der Waals surface area contributed by atoms with Crippen LogP contribution in [0.2, 0.25) is 0 Å². The Kier molecular flexibility index (Phi) is 6.25. The van der Waals surface area contributed by atoms with E-state index in [0.717, 1.165) is 68.5 Å². The highest BCUT2D eigenvalue weighted by Gasteiger charge is 2.39. The van der Waals surface area contributed by atoms with E-state index < -0.39 is 0 Å². The summed E-state index contributed by atoms with van der Waals surface area (Å²) in [6.07, 6.45) is 0.767. The molecule has 0 bridgehead atoms. The number of benzene rings is 1. The number of nitrogens with zero attached hydrogens (tertiary/aromatic N) is 2. The number of rotatable bonds is 8. The molecule has 0 radical (unpaired) electrons. The molecule has 156 valence electrons. The standard InChI is InChI=1S/C21H28N4O4/c1-16(26)23-18-4-2-17(3-5-18)12-22-21(14-28-15-21)11-19-10-20(29-24-19)13-25-6-8-27-9-7-25/h2-5,10,22H,6-9,11-15H2,1H3,(H,23,26). The average molecular weight is 400 g/mol. The van der Waals surface area contributed by atoms with Gasteiger partial charge in [-0.2, -0.15) is 0 Å². The first kappa shape index (κ1) is 20.0. The number of hydrogen-bond acceptors (Lipinski definition) is 7. The summed E-state index contributed by atoms with van der Waals surface area (Å²) in [5.74, 6) is 0.827. The van der Waals surface area contributed by atoms with Gasteiger partial charge in [0.25, 0.3) is 0 Å². The summed E-state index contributed by atoms with van der Waals surface area (Å²) < 4.78 is 16.4. The van der Waals surface area contributed by atoms with Crippen molar-refractivity contribution in [2.45, 2.75) is 32.0 Å². The molecule has 8 heteroatoms. The Morgan fingerprint density at radius 2 is 1.93 bits per heavy atom. The Hall–Kier alpha value is -2.26. The number of carbonyl (C=O) groups excluding carboxylic acids is 1. The topological polar surface area (TPSA) is 88.9 Å². The van der Waals surface area contributed by atoms with Crippen LogP contribution in [0.1, 0.15) is 23.9 Å². The zero-order chi connectivity index (χ0) is 20.1. The van der Waals surface area contributed by atoms with E-state index in [0.29, 0.717) is 13.2 Å². The third-order valence-corrected chi connectivity index (χ3v) is 5.31. The number of aromatic nitrogens is 1. The molecule has 1 aromatic heterocycles. The molecule has 1 amide bonds. The highest BCUT2D eigenvalue weighted by atomic mass is 16.5. The molecule has 2 N–H and O–H groups in total. The van der Waals surface area contributed by atoms with Gasteiger partial charge in [-0.3, -0.25) is 9.69 Å². The van der Waals surface area contributed by atoms with Gasteiger partial charge >= 0.3 is 0 Å². The lowest BCUT2D eigenvalue weighted by Crippen LogP contribution is -2.61. The fourth-order valence-electron chi connectivity index (χ4n) is 3.65. The number of ether oxygens (including phenoxy) is 2. The van der Waals surface area contributed by atoms with Crippen LogP contribution in [0, 0.1) is 0 Å². The molecule has 2 saturated heterocycles. The van der Waals surface area contributed by atoms with Crippen molar-refractivity contribution in [3.63, 3.8) is 0 Å². The summed E-state index contributed by atoms with van der Waals surface area (Å²) in [5.41, 5.74) is 2.78. The van der Waals surface area contributed by atoms with Crippen LogP contribution in [-0.2, 0) is 33.8 Å². The van der Waals surface area contributed by atoms with Crippen molar-refractivity contribution in [3.8, 4) is 0 Å². The molecule has 0 aliphatic carbocycles. The zero-order valence-electron chi connectivity index (χ0n) is 16.8. The Balaban J connectivity index is 1.30. The minimum absolute atomic E-state index is 0.0675. The first-order valence-corrected chi connectivity index (χ1v) is 10.0. The Morgan fingerprint density at radius 3 is 2.59 bits per heavy atom. The quantitative estimate of drug-likeness (QED) is 0.695. The summed E-state index contributed by atoms with van der Waals surface area (Å²) in [7, 11) is 0. The van der Waals surface area contributed by atoms with Gasteiger partial charge in [0.2, 0.25) is 5.91 Å². The summed E-state index contributed by atoms with van der Waals surface area (Å²) in [5, 5.41) is 10.7. The third-order valence-electron chi connectivity index (χ3n) is 5.31. The first-order chi connectivity index (χ1) is 14.1. The van der Waals surface area contributed by atoms with Crippen LogP contribution >= 0.6 is 0 Å². The summed E-state index contributed by atoms with van der Waals surface area (Å²) in [4.78, 5) is 13.4. The van der Waals surface area contributed by atoms with Crippen LogP contribution in [0.5, 0.6) is 0 Å². The maximum Gasteiger partial charge on any atom is 0.221 e. The van der Waals surface area contributed by atoms with Gasteiger partial charge in [-0.25, -0.2) is 0 Å². The van der Waals surface area contributed by atoms with Crippen molar-refractivity contribution in [2.24, 2.45) is 0 Å². The van der Waals surface area contributed by atoms with Crippen LogP contribution in [-0.4, -0.2) is 61.0 Å². The largest absolute Gasteiger partial charge is 0.379 e. The summed E-state index contributed by atoms with van der Waals surface area (Å²) in [6.45, 7) is 7.72. The SMILES string of the molecule is CC(=O)Nc1ccc(CNC2(Cc3cc(CN4CCOCC4)on3)COC2)cc1. The average Bonchev–Trinajstić information content (AvgIpc) is 3.12. The molecular weight excluding hydrogens is 372 g/mol. The second-order valence-corrected chi connectivity index (χ2v) is 7.85. The molecule has 2 aliphatic heterocycles. The van der Waals surface area contributed by atoms with Crippen molar-refractivity contribution in [3.05, 3.63) is 47.3 Å². The van der Waals surface area contributed by atoms with Crippen LogP contribution in [0.3, 0.4) is 0 Å². The molecule has 3 heterocycles. The molecule has 0 saturated carbocycles. The van der Waals surface area contributed by atoms with E-state index in [2.05, 4.69) is 26.8 Å². The minimum atomic E-state index is -0.122. The van der Waals surface area contributed by atoms with Crippen LogP contribution in [0.15, 0.2) is 34.9 Å². The van der Waals surface area contributed by atoms with E-state index >= 15 is 0 Å². The first-order valence-electron chi connectivity index (χ1n) is 10.0. The molecule has 2 fully saturated rings. The number of nitrogens with one attached hydrogen (secondary N) is 2. The van der Waals surface area contributed by atoms with Crippen LogP contribution < -0.4 is 10.6 Å². The molecule has 0 unspecified atom stereocenters. The second kappa shape index (κ2) is 9.04. The van der Waals surface area contributed by atoms with Gasteiger partial charge in [-0.15, -0.1) is 0 Å². The smallest absolute Gasteiger partial charge is 0.221 e. The number of morpholine rings is 1. The predicted octanol–water partition coefficient (Wildman–Crippen LogP) is 1.57. The van der Waals surface area contributed by atoms with Crippen LogP contribution in [0.4, 0.5) is 5.69 Å². The highest BCUT2D eigenvalue weighted by molar-refractivity contribution is 5.88. The Morgan fingerprint density at radius 1 is 1.17 bits per heavy atom. The fourth-order valence-corrected chi connectivity index (χ4v) is 3.65. The summed E-state index contributed by atoms with van der Waals surface area (Å²) in [6, 6.07) is 9.92. The van der Waals surface area contributed by atoms with Gasteiger partial charge < -0.3 is 24.6 Å². The number of hydrogen-bond donors (Lipinski definition) is 2. The molecule has 0 spiro atoms. The Labute approximate surface area is 170 Å². The zero-order valence-corrected chi connectivity index (χ0v) is 16.8. The normalized spacial score (nSPS) is 18.9. The lowest BCUT2D eigenvalue weighted by atomic mass is 9.91. The van der Waals surface area contributed by atoms with Crippen molar-refractivity contribution >= 4 is 11.6 Å². The molecule has 1 aromatic carbocycles. The maximum atomic E-state index is 11.1. The van der Waals surface area contributed by atoms with Gasteiger partial charge in [0, 0.05) is 44.7 Å². The van der Waals surface area contributed by atoms with E-state index in [-0.39, 0.29) is 11.4 Å². The number of carbonyl (C=O) groups is 1. The molecule has 8 nitrogen and oxygen atoms in total. The van der Waals surface area contributed by atoms with Gasteiger partial charge in [0.05, 0.1) is 44.2 Å². The Bertz CT molecular complexity index is 810. The monoisotopic (exact) mass is 400 g/mol. The molecule has 2 aliphatic rings. The molecule has 29 heavy (non-hydrogen) atoms. The van der Waals surface area contributed by atoms with E-state index in [1.165, 1.54) is 6.92 Å². The van der Waals surface area contributed by atoms with E-state index in [4.69, 9.17) is 14.0 Å². The molecule has 0 atom stereocenters. The van der Waals surface area contributed by atoms with Crippen molar-refractivity contribution < 1.29 is 18.8 Å². The lowest BCUT2D eigenvalue weighted by molar-refractivity contribution is -0.114. The van der Waals surface area contributed by atoms with Gasteiger partial charge in [0.1, 0.15) is 0 Å². The van der Waals surface area contributed by atoms with Gasteiger partial charge in [-0.1, -0.05) is 17.3 Å². The van der Waals surface area contributed by atoms with Crippen molar-refractivity contribution in [1.29, 1.82) is 0 Å². The molecule has 2 aromatic rings. The van der Waals surface area contributed by atoms with Gasteiger partial charge in [0.15, 0.2) is 5.76 Å². The van der Waals surface area contributed by atoms with E-state index in [9.17, 15) is 4.79 Å². The van der Waals surface area contributed by atoms with E-state index in [1.54, 1.807) is 0 Å². The predicted molar refractivity (Wildman–Crippen MR) is 107 cm³/mol. The third kappa shape index (κ3) is 5.42. The lowest BCUT2D eigenvalue weighted by Gasteiger charge is -2.42.